The highest BCUT2D eigenvalue weighted by Gasteiger charge is 2.34. The molecule has 0 spiro atoms. The van der Waals surface area contributed by atoms with E-state index in [1.54, 1.807) is 0 Å². The molecule has 0 aromatic heterocycles. The highest BCUT2D eigenvalue weighted by atomic mass is 16.5. The number of carbonyl (C=O) groups excluding carboxylic acids is 1. The normalized spacial score (nSPS) is 31.1. The van der Waals surface area contributed by atoms with E-state index in [0.717, 1.165) is 25.9 Å². The molecule has 6 nitrogen and oxygen atoms in total. The van der Waals surface area contributed by atoms with Crippen LogP contribution in [0.15, 0.2) is 0 Å². The fourth-order valence-electron chi connectivity index (χ4n) is 2.52. The van der Waals surface area contributed by atoms with Crippen molar-refractivity contribution >= 4 is 11.9 Å². The van der Waals surface area contributed by atoms with Gasteiger partial charge >= 0.3 is 5.97 Å². The first-order valence-corrected chi connectivity index (χ1v) is 6.94. The van der Waals surface area contributed by atoms with Crippen LogP contribution in [0.2, 0.25) is 0 Å². The van der Waals surface area contributed by atoms with Crippen LogP contribution in [-0.4, -0.2) is 48.4 Å². The Morgan fingerprint density at radius 2 is 1.95 bits per heavy atom. The first-order chi connectivity index (χ1) is 9.16. The Bertz CT molecular complexity index is 327. The predicted octanol–water partition coefficient (Wildman–Crippen LogP) is 0.694. The highest BCUT2D eigenvalue weighted by Crippen LogP contribution is 2.20. The van der Waals surface area contributed by atoms with Gasteiger partial charge in [0.05, 0.1) is 6.10 Å². The van der Waals surface area contributed by atoms with Crippen molar-refractivity contribution in [2.24, 2.45) is 0 Å². The van der Waals surface area contributed by atoms with Crippen LogP contribution in [0.1, 0.15) is 38.5 Å². The third-order valence-electron chi connectivity index (χ3n) is 3.63. The molecule has 0 radical (unpaired) electrons. The molecule has 6 heteroatoms. The van der Waals surface area contributed by atoms with Crippen molar-refractivity contribution in [2.75, 3.05) is 13.2 Å². The van der Waals surface area contributed by atoms with Gasteiger partial charge in [0.1, 0.15) is 6.10 Å². The number of nitrogens with one attached hydrogen (secondary N) is 1. The van der Waals surface area contributed by atoms with E-state index in [1.165, 1.54) is 6.42 Å². The lowest BCUT2D eigenvalue weighted by atomic mass is 10.1. The number of hydrogen-bond acceptors (Lipinski definition) is 4. The number of ether oxygens (including phenoxy) is 2. The molecule has 0 aliphatic carbocycles. The summed E-state index contributed by atoms with van der Waals surface area (Å²) in [6.45, 7) is 1.37. The minimum atomic E-state index is -0.995. The van der Waals surface area contributed by atoms with Crippen LogP contribution in [-0.2, 0) is 19.1 Å². The summed E-state index contributed by atoms with van der Waals surface area (Å²) in [6, 6.07) is 0. The van der Waals surface area contributed by atoms with Gasteiger partial charge in [-0.05, 0) is 38.5 Å². The van der Waals surface area contributed by atoms with Crippen molar-refractivity contribution in [3.8, 4) is 0 Å². The van der Waals surface area contributed by atoms with Gasteiger partial charge in [-0.15, -0.1) is 0 Å². The van der Waals surface area contributed by atoms with Gasteiger partial charge in [0.15, 0.2) is 6.10 Å². The molecule has 0 bridgehead atoms. The molecular weight excluding hydrogens is 250 g/mol. The van der Waals surface area contributed by atoms with Gasteiger partial charge in [-0.3, -0.25) is 4.79 Å². The number of carboxylic acid groups (broad SMARTS) is 1. The van der Waals surface area contributed by atoms with Gasteiger partial charge in [-0.1, -0.05) is 0 Å². The van der Waals surface area contributed by atoms with Gasteiger partial charge < -0.3 is 19.9 Å². The second kappa shape index (κ2) is 6.86. The Hall–Kier alpha value is -1.14. The van der Waals surface area contributed by atoms with Crippen LogP contribution in [0.25, 0.3) is 0 Å². The molecule has 2 aliphatic rings. The first kappa shape index (κ1) is 14.3. The SMILES string of the molecule is O=C(O)C1CCC(C(=O)NCCC2CCCCO2)O1. The van der Waals surface area contributed by atoms with Crippen molar-refractivity contribution < 1.29 is 24.2 Å². The molecule has 0 aromatic rings. The lowest BCUT2D eigenvalue weighted by Gasteiger charge is -2.22. The zero-order chi connectivity index (χ0) is 13.7. The maximum atomic E-state index is 11.8. The van der Waals surface area contributed by atoms with Crippen molar-refractivity contribution in [2.45, 2.75) is 56.8 Å². The molecule has 3 atom stereocenters. The molecule has 2 saturated heterocycles. The second-order valence-electron chi connectivity index (χ2n) is 5.10. The summed E-state index contributed by atoms with van der Waals surface area (Å²) in [5, 5.41) is 11.6. The molecular formula is C13H21NO5. The fourth-order valence-corrected chi connectivity index (χ4v) is 2.52. The average Bonchev–Trinajstić information content (AvgIpc) is 2.89. The van der Waals surface area contributed by atoms with E-state index < -0.39 is 18.2 Å². The van der Waals surface area contributed by atoms with E-state index in [-0.39, 0.29) is 12.0 Å². The standard InChI is InChI=1S/C13H21NO5/c15-12(10-4-5-11(19-10)13(16)17)14-7-6-9-3-1-2-8-18-9/h9-11H,1-8H2,(H,14,15)(H,16,17). The highest BCUT2D eigenvalue weighted by molar-refractivity contribution is 5.82. The lowest BCUT2D eigenvalue weighted by Crippen LogP contribution is -2.37. The molecule has 2 heterocycles. The van der Waals surface area contributed by atoms with E-state index in [9.17, 15) is 9.59 Å². The average molecular weight is 271 g/mol. The molecule has 3 unspecified atom stereocenters. The molecule has 19 heavy (non-hydrogen) atoms. The number of hydrogen-bond donors (Lipinski definition) is 2. The molecule has 108 valence electrons. The van der Waals surface area contributed by atoms with E-state index in [0.29, 0.717) is 19.4 Å². The van der Waals surface area contributed by atoms with Crippen LogP contribution < -0.4 is 5.32 Å². The quantitative estimate of drug-likeness (QED) is 0.768. The number of rotatable bonds is 5. The van der Waals surface area contributed by atoms with Gasteiger partial charge in [0.25, 0.3) is 0 Å². The summed E-state index contributed by atoms with van der Waals surface area (Å²) in [7, 11) is 0. The van der Waals surface area contributed by atoms with E-state index in [1.807, 2.05) is 0 Å². The zero-order valence-corrected chi connectivity index (χ0v) is 11.0. The van der Waals surface area contributed by atoms with Crippen LogP contribution in [0.3, 0.4) is 0 Å². The Kier molecular flexibility index (Phi) is 5.15. The minimum Gasteiger partial charge on any atom is -0.479 e. The first-order valence-electron chi connectivity index (χ1n) is 6.94. The summed E-state index contributed by atoms with van der Waals surface area (Å²) in [5.74, 6) is -1.20. The monoisotopic (exact) mass is 271 g/mol. The predicted molar refractivity (Wildman–Crippen MR) is 66.7 cm³/mol. The topological polar surface area (TPSA) is 84.9 Å². The van der Waals surface area contributed by atoms with E-state index >= 15 is 0 Å². The second-order valence-corrected chi connectivity index (χ2v) is 5.10. The number of amides is 1. The van der Waals surface area contributed by atoms with Crippen LogP contribution in [0.5, 0.6) is 0 Å². The van der Waals surface area contributed by atoms with Crippen LogP contribution >= 0.6 is 0 Å². The Morgan fingerprint density at radius 1 is 1.16 bits per heavy atom. The number of carbonyl (C=O) groups is 2. The van der Waals surface area contributed by atoms with Gasteiger partial charge in [0, 0.05) is 13.2 Å². The van der Waals surface area contributed by atoms with Crippen LogP contribution in [0, 0.1) is 0 Å². The Balaban J connectivity index is 1.63. The maximum absolute atomic E-state index is 11.8. The van der Waals surface area contributed by atoms with Crippen molar-refractivity contribution in [1.82, 2.24) is 5.32 Å². The number of aliphatic carboxylic acids is 1. The van der Waals surface area contributed by atoms with E-state index in [4.69, 9.17) is 14.6 Å². The summed E-state index contributed by atoms with van der Waals surface area (Å²) in [6.07, 6.45) is 3.83. The zero-order valence-electron chi connectivity index (χ0n) is 11.0. The molecule has 0 aromatic carbocycles. The molecule has 1 amide bonds. The third-order valence-corrected chi connectivity index (χ3v) is 3.63. The molecule has 2 aliphatic heterocycles. The molecule has 2 rings (SSSR count). The fraction of sp³-hybridized carbons (Fsp3) is 0.846. The minimum absolute atomic E-state index is 0.209. The maximum Gasteiger partial charge on any atom is 0.332 e. The van der Waals surface area contributed by atoms with Crippen molar-refractivity contribution in [3.63, 3.8) is 0 Å². The smallest absolute Gasteiger partial charge is 0.332 e. The summed E-state index contributed by atoms with van der Waals surface area (Å²) in [4.78, 5) is 22.5. The molecule has 2 N–H and O–H groups in total. The van der Waals surface area contributed by atoms with Crippen molar-refractivity contribution in [1.29, 1.82) is 0 Å². The largest absolute Gasteiger partial charge is 0.479 e. The van der Waals surface area contributed by atoms with Gasteiger partial charge in [0.2, 0.25) is 5.91 Å². The van der Waals surface area contributed by atoms with Crippen molar-refractivity contribution in [3.05, 3.63) is 0 Å². The lowest BCUT2D eigenvalue weighted by molar-refractivity contribution is -0.151. The van der Waals surface area contributed by atoms with E-state index in [2.05, 4.69) is 5.32 Å². The van der Waals surface area contributed by atoms with Gasteiger partial charge in [-0.25, -0.2) is 4.79 Å². The number of carboxylic acids is 1. The molecule has 2 fully saturated rings. The third kappa shape index (κ3) is 4.18. The summed E-state index contributed by atoms with van der Waals surface area (Å²) < 4.78 is 10.8. The Labute approximate surface area is 112 Å². The Morgan fingerprint density at radius 3 is 2.58 bits per heavy atom. The molecule has 0 saturated carbocycles. The summed E-state index contributed by atoms with van der Waals surface area (Å²) >= 11 is 0. The summed E-state index contributed by atoms with van der Waals surface area (Å²) in [5.41, 5.74) is 0. The van der Waals surface area contributed by atoms with Gasteiger partial charge in [-0.2, -0.15) is 0 Å². The van der Waals surface area contributed by atoms with Crippen LogP contribution in [0.4, 0.5) is 0 Å².